The van der Waals surface area contributed by atoms with E-state index >= 15 is 0 Å². The molecule has 1 aliphatic heterocycles. The van der Waals surface area contributed by atoms with Crippen LogP contribution in [0.5, 0.6) is 0 Å². The highest BCUT2D eigenvalue weighted by molar-refractivity contribution is 4.76. The Labute approximate surface area is 93.9 Å². The molecule has 0 aromatic heterocycles. The van der Waals surface area contributed by atoms with Crippen LogP contribution in [0.25, 0.3) is 0 Å². The molecule has 3 nitrogen and oxygen atoms in total. The molecule has 3 heteroatoms. The molecule has 2 atom stereocenters. The van der Waals surface area contributed by atoms with Gasteiger partial charge < -0.3 is 15.3 Å². The fourth-order valence-corrected chi connectivity index (χ4v) is 2.26. The van der Waals surface area contributed by atoms with Gasteiger partial charge >= 0.3 is 0 Å². The summed E-state index contributed by atoms with van der Waals surface area (Å²) in [5.74, 6) is 0.764. The molecule has 15 heavy (non-hydrogen) atoms. The molecule has 0 aliphatic carbocycles. The summed E-state index contributed by atoms with van der Waals surface area (Å²) in [4.78, 5) is 2.39. The lowest BCUT2D eigenvalue weighted by Gasteiger charge is -2.33. The van der Waals surface area contributed by atoms with Gasteiger partial charge in [0.05, 0.1) is 6.10 Å². The predicted octanol–water partition coefficient (Wildman–Crippen LogP) is 1.08. The second-order valence-electron chi connectivity index (χ2n) is 5.18. The van der Waals surface area contributed by atoms with Crippen LogP contribution in [0.1, 0.15) is 33.6 Å². The first-order valence-corrected chi connectivity index (χ1v) is 6.21. The van der Waals surface area contributed by atoms with Crippen LogP contribution in [-0.2, 0) is 0 Å². The highest BCUT2D eigenvalue weighted by Crippen LogP contribution is 2.15. The smallest absolute Gasteiger partial charge is 0.0639 e. The Balaban J connectivity index is 2.23. The minimum absolute atomic E-state index is 0.193. The maximum absolute atomic E-state index is 9.35. The molecule has 1 rings (SSSR count). The van der Waals surface area contributed by atoms with E-state index < -0.39 is 0 Å². The van der Waals surface area contributed by atoms with E-state index in [9.17, 15) is 5.11 Å². The lowest BCUT2D eigenvalue weighted by molar-refractivity contribution is 0.0940. The van der Waals surface area contributed by atoms with Crippen molar-refractivity contribution in [3.8, 4) is 0 Å². The molecule has 0 amide bonds. The van der Waals surface area contributed by atoms with Crippen LogP contribution in [-0.4, -0.2) is 48.3 Å². The summed E-state index contributed by atoms with van der Waals surface area (Å²) in [7, 11) is 0. The van der Waals surface area contributed by atoms with Crippen molar-refractivity contribution in [2.45, 2.75) is 45.8 Å². The Morgan fingerprint density at radius 2 is 2.13 bits per heavy atom. The maximum atomic E-state index is 9.35. The van der Waals surface area contributed by atoms with Crippen molar-refractivity contribution in [2.24, 2.45) is 5.92 Å². The van der Waals surface area contributed by atoms with Crippen LogP contribution in [0, 0.1) is 5.92 Å². The van der Waals surface area contributed by atoms with Gasteiger partial charge in [0.1, 0.15) is 0 Å². The predicted molar refractivity (Wildman–Crippen MR) is 64.0 cm³/mol. The normalized spacial score (nSPS) is 25.8. The lowest BCUT2D eigenvalue weighted by atomic mass is 9.97. The minimum atomic E-state index is -0.193. The lowest BCUT2D eigenvalue weighted by Crippen LogP contribution is -2.43. The zero-order valence-corrected chi connectivity index (χ0v) is 10.4. The van der Waals surface area contributed by atoms with Gasteiger partial charge in [-0.1, -0.05) is 13.8 Å². The first kappa shape index (κ1) is 12.9. The van der Waals surface area contributed by atoms with Crippen molar-refractivity contribution in [3.05, 3.63) is 0 Å². The fourth-order valence-electron chi connectivity index (χ4n) is 2.26. The number of hydrogen-bond donors (Lipinski definition) is 2. The van der Waals surface area contributed by atoms with Gasteiger partial charge in [-0.05, 0) is 38.8 Å². The van der Waals surface area contributed by atoms with Gasteiger partial charge in [0, 0.05) is 19.1 Å². The average molecular weight is 214 g/mol. The zero-order chi connectivity index (χ0) is 11.3. The van der Waals surface area contributed by atoms with Gasteiger partial charge in [0.25, 0.3) is 0 Å². The van der Waals surface area contributed by atoms with Crippen molar-refractivity contribution in [2.75, 3.05) is 26.2 Å². The molecular formula is C12H26N2O. The quantitative estimate of drug-likeness (QED) is 0.719. The first-order chi connectivity index (χ1) is 7.08. The highest BCUT2D eigenvalue weighted by atomic mass is 16.3. The molecule has 2 N–H and O–H groups in total. The Kier molecular flexibility index (Phi) is 5.58. The summed E-state index contributed by atoms with van der Waals surface area (Å²) in [5, 5.41) is 12.9. The number of aliphatic hydroxyl groups is 1. The molecular weight excluding hydrogens is 188 g/mol. The number of likely N-dealkylation sites (tertiary alicyclic amines) is 1. The average Bonchev–Trinajstić information content (AvgIpc) is 2.14. The molecule has 0 radical (unpaired) electrons. The van der Waals surface area contributed by atoms with Crippen LogP contribution >= 0.6 is 0 Å². The standard InChI is InChI=1S/C12H26N2O/c1-10(2)13-7-12-5-4-6-14(9-12)8-11(3)15/h10-13,15H,4-9H2,1-3H3. The summed E-state index contributed by atoms with van der Waals surface area (Å²) >= 11 is 0. The number of nitrogens with one attached hydrogen (secondary N) is 1. The second-order valence-corrected chi connectivity index (χ2v) is 5.18. The molecule has 0 bridgehead atoms. The van der Waals surface area contributed by atoms with E-state index in [2.05, 4.69) is 24.1 Å². The summed E-state index contributed by atoms with van der Waals surface area (Å²) < 4.78 is 0. The van der Waals surface area contributed by atoms with Gasteiger partial charge in [-0.3, -0.25) is 0 Å². The molecule has 90 valence electrons. The van der Waals surface area contributed by atoms with Crippen LogP contribution < -0.4 is 5.32 Å². The van der Waals surface area contributed by atoms with Gasteiger partial charge in [-0.2, -0.15) is 0 Å². The summed E-state index contributed by atoms with van der Waals surface area (Å²) in [6.07, 6.45) is 2.41. The SMILES string of the molecule is CC(O)CN1CCCC(CNC(C)C)C1. The van der Waals surface area contributed by atoms with Crippen molar-refractivity contribution >= 4 is 0 Å². The molecule has 1 saturated heterocycles. The molecule has 0 saturated carbocycles. The third kappa shape index (κ3) is 5.50. The van der Waals surface area contributed by atoms with E-state index in [0.29, 0.717) is 6.04 Å². The van der Waals surface area contributed by atoms with E-state index in [1.165, 1.54) is 12.8 Å². The van der Waals surface area contributed by atoms with Gasteiger partial charge in [-0.25, -0.2) is 0 Å². The van der Waals surface area contributed by atoms with Crippen LogP contribution in [0.2, 0.25) is 0 Å². The maximum Gasteiger partial charge on any atom is 0.0639 e. The summed E-state index contributed by atoms with van der Waals surface area (Å²) in [5.41, 5.74) is 0. The molecule has 1 aliphatic rings. The molecule has 1 heterocycles. The number of piperidine rings is 1. The highest BCUT2D eigenvalue weighted by Gasteiger charge is 2.20. The Bertz CT molecular complexity index is 171. The zero-order valence-electron chi connectivity index (χ0n) is 10.4. The third-order valence-electron chi connectivity index (χ3n) is 2.94. The largest absolute Gasteiger partial charge is 0.392 e. The Morgan fingerprint density at radius 3 is 2.73 bits per heavy atom. The number of hydrogen-bond acceptors (Lipinski definition) is 3. The molecule has 2 unspecified atom stereocenters. The third-order valence-corrected chi connectivity index (χ3v) is 2.94. The molecule has 1 fully saturated rings. The van der Waals surface area contributed by atoms with Crippen LogP contribution in [0.3, 0.4) is 0 Å². The van der Waals surface area contributed by atoms with Gasteiger partial charge in [0.2, 0.25) is 0 Å². The molecule has 0 aromatic carbocycles. The monoisotopic (exact) mass is 214 g/mol. The Hall–Kier alpha value is -0.120. The van der Waals surface area contributed by atoms with E-state index in [-0.39, 0.29) is 6.10 Å². The molecule has 0 aromatic rings. The van der Waals surface area contributed by atoms with Crippen molar-refractivity contribution in [3.63, 3.8) is 0 Å². The number of β-amino-alcohol motifs (C(OH)–C–C–N with tert-alkyl or cyclic N) is 1. The van der Waals surface area contributed by atoms with E-state index in [4.69, 9.17) is 0 Å². The summed E-state index contributed by atoms with van der Waals surface area (Å²) in [6, 6.07) is 0.581. The second kappa shape index (κ2) is 6.46. The summed E-state index contributed by atoms with van der Waals surface area (Å²) in [6.45, 7) is 10.5. The number of nitrogens with zero attached hydrogens (tertiary/aromatic N) is 1. The number of aliphatic hydroxyl groups excluding tert-OH is 1. The first-order valence-electron chi connectivity index (χ1n) is 6.21. The van der Waals surface area contributed by atoms with E-state index in [1.54, 1.807) is 0 Å². The van der Waals surface area contributed by atoms with E-state index in [0.717, 1.165) is 32.1 Å². The minimum Gasteiger partial charge on any atom is -0.392 e. The van der Waals surface area contributed by atoms with Gasteiger partial charge in [-0.15, -0.1) is 0 Å². The van der Waals surface area contributed by atoms with Crippen molar-refractivity contribution in [1.82, 2.24) is 10.2 Å². The van der Waals surface area contributed by atoms with E-state index in [1.807, 2.05) is 6.92 Å². The van der Waals surface area contributed by atoms with Crippen LogP contribution in [0.15, 0.2) is 0 Å². The topological polar surface area (TPSA) is 35.5 Å². The fraction of sp³-hybridized carbons (Fsp3) is 1.00. The Morgan fingerprint density at radius 1 is 1.40 bits per heavy atom. The van der Waals surface area contributed by atoms with Crippen molar-refractivity contribution < 1.29 is 5.11 Å². The number of rotatable bonds is 5. The van der Waals surface area contributed by atoms with Crippen molar-refractivity contribution in [1.29, 1.82) is 0 Å². The van der Waals surface area contributed by atoms with Crippen LogP contribution in [0.4, 0.5) is 0 Å². The molecule has 0 spiro atoms. The van der Waals surface area contributed by atoms with Gasteiger partial charge in [0.15, 0.2) is 0 Å².